The molecule has 0 aliphatic rings. The Labute approximate surface area is 138 Å². The number of hydrogen-bond acceptors (Lipinski definition) is 5. The standard InChI is InChI=1S/C10H14O5.K.H/c1-3-8(11)15-10(13)7-5-4-6-9(12)14-2;;/h3H,1,4-7H2,2H3;;/q;+1;-1. The van der Waals surface area contributed by atoms with Crippen molar-refractivity contribution in [2.24, 2.45) is 0 Å². The SMILES string of the molecule is C=CC(=O)OC(=O)CCCCC(=O)OC.[H-].[K+]. The number of carbonyl (C=O) groups excluding carboxylic acids is 3. The largest absolute Gasteiger partial charge is 1.00 e. The van der Waals surface area contributed by atoms with Crippen LogP contribution in [0.15, 0.2) is 12.7 Å². The Kier molecular flexibility index (Phi) is 13.2. The van der Waals surface area contributed by atoms with Crippen molar-refractivity contribution < 1.29 is 76.7 Å². The van der Waals surface area contributed by atoms with Crippen molar-refractivity contribution in [2.45, 2.75) is 25.7 Å². The normalized spacial score (nSPS) is 8.56. The van der Waals surface area contributed by atoms with Crippen LogP contribution in [0.3, 0.4) is 0 Å². The van der Waals surface area contributed by atoms with Crippen molar-refractivity contribution in [3.8, 4) is 0 Å². The molecule has 0 amide bonds. The third-order valence-corrected chi connectivity index (χ3v) is 1.62. The van der Waals surface area contributed by atoms with E-state index in [1.165, 1.54) is 7.11 Å². The third-order valence-electron chi connectivity index (χ3n) is 1.62. The number of ether oxygens (including phenoxy) is 2. The quantitative estimate of drug-likeness (QED) is 0.182. The second-order valence-corrected chi connectivity index (χ2v) is 2.78. The number of methoxy groups -OCH3 is 1. The fourth-order valence-corrected chi connectivity index (χ4v) is 0.846. The molecule has 6 heteroatoms. The molecule has 5 nitrogen and oxygen atoms in total. The number of esters is 3. The van der Waals surface area contributed by atoms with E-state index in [-0.39, 0.29) is 71.6 Å². The molecule has 0 saturated heterocycles. The predicted molar refractivity (Wildman–Crippen MR) is 52.9 cm³/mol. The van der Waals surface area contributed by atoms with Crippen LogP contribution in [0.4, 0.5) is 0 Å². The van der Waals surface area contributed by atoms with Crippen molar-refractivity contribution in [3.05, 3.63) is 12.7 Å². The van der Waals surface area contributed by atoms with Gasteiger partial charge in [-0.3, -0.25) is 9.59 Å². The average molecular weight is 254 g/mol. The Hall–Kier alpha value is -0.0136. The molecule has 0 N–H and O–H groups in total. The maximum Gasteiger partial charge on any atom is 1.00 e. The maximum atomic E-state index is 10.9. The van der Waals surface area contributed by atoms with Crippen LogP contribution in [0, 0.1) is 0 Å². The molecular weight excluding hydrogens is 239 g/mol. The van der Waals surface area contributed by atoms with E-state index in [0.29, 0.717) is 12.8 Å². The summed E-state index contributed by atoms with van der Waals surface area (Å²) in [6, 6.07) is 0. The van der Waals surface area contributed by atoms with Gasteiger partial charge in [-0.25, -0.2) is 4.79 Å². The number of hydrogen-bond donors (Lipinski definition) is 0. The van der Waals surface area contributed by atoms with Gasteiger partial charge in [0.05, 0.1) is 7.11 Å². The van der Waals surface area contributed by atoms with E-state index in [0.717, 1.165) is 6.08 Å². The van der Waals surface area contributed by atoms with Gasteiger partial charge in [0.25, 0.3) is 0 Å². The molecule has 0 heterocycles. The minimum absolute atomic E-state index is 0. The Bertz CT molecular complexity index is 267. The molecule has 0 atom stereocenters. The van der Waals surface area contributed by atoms with Crippen molar-refractivity contribution in [1.82, 2.24) is 0 Å². The average Bonchev–Trinajstić information content (AvgIpc) is 2.23. The van der Waals surface area contributed by atoms with Gasteiger partial charge in [0.1, 0.15) is 0 Å². The molecule has 0 aliphatic heterocycles. The van der Waals surface area contributed by atoms with Crippen molar-refractivity contribution in [2.75, 3.05) is 7.11 Å². The van der Waals surface area contributed by atoms with Gasteiger partial charge in [0.2, 0.25) is 0 Å². The molecule has 86 valence electrons. The topological polar surface area (TPSA) is 69.7 Å². The van der Waals surface area contributed by atoms with Crippen LogP contribution < -0.4 is 51.4 Å². The first-order valence-electron chi connectivity index (χ1n) is 4.54. The monoisotopic (exact) mass is 254 g/mol. The summed E-state index contributed by atoms with van der Waals surface area (Å²) in [6.45, 7) is 3.16. The smallest absolute Gasteiger partial charge is 1.00 e. The van der Waals surface area contributed by atoms with Crippen LogP contribution in [-0.4, -0.2) is 25.0 Å². The molecule has 0 fully saturated rings. The summed E-state index contributed by atoms with van der Waals surface area (Å²) < 4.78 is 8.74. The van der Waals surface area contributed by atoms with Gasteiger partial charge < -0.3 is 10.9 Å². The van der Waals surface area contributed by atoms with Crippen LogP contribution in [0.5, 0.6) is 0 Å². The summed E-state index contributed by atoms with van der Waals surface area (Å²) in [5, 5.41) is 0. The van der Waals surface area contributed by atoms with Gasteiger partial charge in [-0.05, 0) is 12.8 Å². The maximum absolute atomic E-state index is 10.9. The molecule has 0 radical (unpaired) electrons. The zero-order chi connectivity index (χ0) is 11.7. The van der Waals surface area contributed by atoms with E-state index < -0.39 is 11.9 Å². The summed E-state index contributed by atoms with van der Waals surface area (Å²) in [4.78, 5) is 32.2. The van der Waals surface area contributed by atoms with E-state index in [2.05, 4.69) is 16.1 Å². The summed E-state index contributed by atoms with van der Waals surface area (Å²) in [7, 11) is 1.30. The van der Waals surface area contributed by atoms with Gasteiger partial charge in [0, 0.05) is 18.9 Å². The Morgan fingerprint density at radius 2 is 1.69 bits per heavy atom. The summed E-state index contributed by atoms with van der Waals surface area (Å²) in [5.74, 6) is -1.68. The first kappa shape index (κ1) is 18.4. The summed E-state index contributed by atoms with van der Waals surface area (Å²) in [6.07, 6.45) is 2.31. The second kappa shape index (κ2) is 11.5. The molecule has 0 saturated carbocycles. The van der Waals surface area contributed by atoms with Gasteiger partial charge in [-0.1, -0.05) is 6.58 Å². The van der Waals surface area contributed by atoms with E-state index in [1.807, 2.05) is 0 Å². The van der Waals surface area contributed by atoms with Gasteiger partial charge in [-0.15, -0.1) is 0 Å². The summed E-state index contributed by atoms with van der Waals surface area (Å²) in [5.41, 5.74) is 0. The minimum Gasteiger partial charge on any atom is -1.00 e. The van der Waals surface area contributed by atoms with Crippen LogP contribution in [0.25, 0.3) is 0 Å². The van der Waals surface area contributed by atoms with Gasteiger partial charge >= 0.3 is 69.3 Å². The van der Waals surface area contributed by atoms with Gasteiger partial charge in [0.15, 0.2) is 0 Å². The molecule has 0 rings (SSSR count). The van der Waals surface area contributed by atoms with Crippen molar-refractivity contribution >= 4 is 17.9 Å². The molecule has 0 aliphatic carbocycles. The molecule has 0 aromatic carbocycles. The fourth-order valence-electron chi connectivity index (χ4n) is 0.846. The zero-order valence-electron chi connectivity index (χ0n) is 10.7. The van der Waals surface area contributed by atoms with Crippen molar-refractivity contribution in [3.63, 3.8) is 0 Å². The van der Waals surface area contributed by atoms with Gasteiger partial charge in [-0.2, -0.15) is 0 Å². The Morgan fingerprint density at radius 1 is 1.19 bits per heavy atom. The van der Waals surface area contributed by atoms with Crippen molar-refractivity contribution in [1.29, 1.82) is 0 Å². The third kappa shape index (κ3) is 10.5. The number of rotatable bonds is 6. The second-order valence-electron chi connectivity index (χ2n) is 2.78. The van der Waals surface area contributed by atoms with E-state index in [9.17, 15) is 14.4 Å². The molecule has 0 bridgehead atoms. The van der Waals surface area contributed by atoms with Crippen LogP contribution in [-0.2, 0) is 23.9 Å². The van der Waals surface area contributed by atoms with Crippen LogP contribution >= 0.6 is 0 Å². The number of unbranched alkanes of at least 4 members (excludes halogenated alkanes) is 1. The summed E-state index contributed by atoms with van der Waals surface area (Å²) >= 11 is 0. The first-order valence-corrected chi connectivity index (χ1v) is 4.54. The van der Waals surface area contributed by atoms with Crippen LogP contribution in [0.1, 0.15) is 27.1 Å². The van der Waals surface area contributed by atoms with Crippen LogP contribution in [0.2, 0.25) is 0 Å². The molecule has 0 spiro atoms. The fraction of sp³-hybridized carbons (Fsp3) is 0.500. The first-order chi connectivity index (χ1) is 7.10. The Morgan fingerprint density at radius 3 is 2.12 bits per heavy atom. The van der Waals surface area contributed by atoms with E-state index in [4.69, 9.17) is 0 Å². The van der Waals surface area contributed by atoms with E-state index >= 15 is 0 Å². The Balaban J connectivity index is -0.000000980. The van der Waals surface area contributed by atoms with E-state index in [1.54, 1.807) is 0 Å². The minimum atomic E-state index is -0.757. The molecule has 16 heavy (non-hydrogen) atoms. The number of carbonyl (C=O) groups is 3. The molecule has 0 aromatic heterocycles. The zero-order valence-corrected chi connectivity index (χ0v) is 12.8. The molecule has 0 unspecified atom stereocenters. The predicted octanol–water partition coefficient (Wildman–Crippen LogP) is -1.91. The molecule has 0 aromatic rings. The molecular formula is C10H15KO5.